The molecule has 0 radical (unpaired) electrons. The minimum atomic E-state index is 0.213. The molecule has 3 heterocycles. The molecule has 1 aliphatic heterocycles. The van der Waals surface area contributed by atoms with Crippen molar-refractivity contribution in [2.45, 2.75) is 43.6 Å². The molecule has 0 aromatic carbocycles. The van der Waals surface area contributed by atoms with E-state index >= 15 is 0 Å². The molecule has 5 nitrogen and oxygen atoms in total. The Kier molecular flexibility index (Phi) is 4.83. The van der Waals surface area contributed by atoms with E-state index in [0.29, 0.717) is 6.42 Å². The zero-order valence-corrected chi connectivity index (χ0v) is 14.5. The molecule has 2 aromatic heterocycles. The van der Waals surface area contributed by atoms with E-state index in [1.807, 2.05) is 11.8 Å². The van der Waals surface area contributed by atoms with Crippen LogP contribution >= 0.6 is 23.1 Å². The van der Waals surface area contributed by atoms with E-state index in [-0.39, 0.29) is 11.9 Å². The molecular formula is C15H20N4OS2. The number of carbonyl (C=O) groups excluding carboxylic acids is 1. The maximum atomic E-state index is 12.6. The lowest BCUT2D eigenvalue weighted by Crippen LogP contribution is -2.41. The Hall–Kier alpha value is -1.34. The number of hydrogen-bond acceptors (Lipinski definition) is 5. The molecule has 0 fully saturated rings. The summed E-state index contributed by atoms with van der Waals surface area (Å²) in [5.41, 5.74) is 1.26. The van der Waals surface area contributed by atoms with Crippen LogP contribution < -0.4 is 0 Å². The lowest BCUT2D eigenvalue weighted by molar-refractivity contribution is -0.134. The van der Waals surface area contributed by atoms with Crippen molar-refractivity contribution in [3.05, 3.63) is 29.0 Å². The Morgan fingerprint density at radius 2 is 2.32 bits per heavy atom. The number of carbonyl (C=O) groups is 1. The first-order chi connectivity index (χ1) is 10.7. The molecule has 0 aliphatic carbocycles. The van der Waals surface area contributed by atoms with Crippen molar-refractivity contribution < 1.29 is 4.79 Å². The van der Waals surface area contributed by atoms with Crippen LogP contribution in [-0.2, 0) is 11.3 Å². The van der Waals surface area contributed by atoms with Gasteiger partial charge in [-0.05, 0) is 25.5 Å². The first kappa shape index (κ1) is 15.6. The zero-order chi connectivity index (χ0) is 15.5. The van der Waals surface area contributed by atoms with E-state index in [9.17, 15) is 4.79 Å². The maximum absolute atomic E-state index is 12.6. The molecule has 0 saturated carbocycles. The molecule has 0 bridgehead atoms. The highest BCUT2D eigenvalue weighted by atomic mass is 32.2. The molecule has 0 saturated heterocycles. The van der Waals surface area contributed by atoms with E-state index in [4.69, 9.17) is 0 Å². The largest absolute Gasteiger partial charge is 0.348 e. The third-order valence-corrected chi connectivity index (χ3v) is 5.89. The van der Waals surface area contributed by atoms with Crippen molar-refractivity contribution in [2.24, 2.45) is 0 Å². The van der Waals surface area contributed by atoms with Gasteiger partial charge in [-0.1, -0.05) is 30.0 Å². The van der Waals surface area contributed by atoms with Gasteiger partial charge in [0.15, 0.2) is 4.34 Å². The molecular weight excluding hydrogens is 316 g/mol. The second kappa shape index (κ2) is 6.83. The summed E-state index contributed by atoms with van der Waals surface area (Å²) in [5.74, 6) is 1.01. The van der Waals surface area contributed by atoms with E-state index in [1.54, 1.807) is 23.1 Å². The molecule has 2 aromatic rings. The third-order valence-electron chi connectivity index (χ3n) is 3.92. The van der Waals surface area contributed by atoms with Crippen LogP contribution in [0.1, 0.15) is 36.5 Å². The average Bonchev–Trinajstić information content (AvgIpc) is 3.14. The molecule has 0 N–H and O–H groups in total. The summed E-state index contributed by atoms with van der Waals surface area (Å²) in [6, 6.07) is 4.41. The molecule has 1 atom stereocenters. The molecule has 0 spiro atoms. The molecule has 3 rings (SSSR count). The highest BCUT2D eigenvalue weighted by molar-refractivity contribution is 8.01. The summed E-state index contributed by atoms with van der Waals surface area (Å²) in [6.45, 7) is 5.79. The smallest absolute Gasteiger partial charge is 0.224 e. The summed E-state index contributed by atoms with van der Waals surface area (Å²) in [6.07, 6.45) is 3.62. The first-order valence-electron chi connectivity index (χ1n) is 7.56. The second-order valence-electron chi connectivity index (χ2n) is 5.32. The first-order valence-corrected chi connectivity index (χ1v) is 9.36. The van der Waals surface area contributed by atoms with Crippen molar-refractivity contribution >= 4 is 29.0 Å². The molecule has 22 heavy (non-hydrogen) atoms. The van der Waals surface area contributed by atoms with Crippen molar-refractivity contribution in [1.29, 1.82) is 0 Å². The van der Waals surface area contributed by atoms with Crippen molar-refractivity contribution in [3.8, 4) is 0 Å². The number of amides is 1. The van der Waals surface area contributed by atoms with Gasteiger partial charge in [0.2, 0.25) is 5.91 Å². The minimum absolute atomic E-state index is 0.213. The normalized spacial score (nSPS) is 17.5. The molecule has 7 heteroatoms. The number of fused-ring (bicyclic) bond motifs is 1. The van der Waals surface area contributed by atoms with E-state index in [2.05, 4.69) is 40.0 Å². The number of aryl methyl sites for hydroxylation is 1. The highest BCUT2D eigenvalue weighted by Gasteiger charge is 2.28. The SMILES string of the molecule is CCC1c2cccn2CCN1C(=O)CCSc1nnc(C)s1. The standard InChI is InChI=1S/C15H20N4OS2/c1-3-12-13-5-4-7-18(13)8-9-19(12)14(20)6-10-21-15-17-16-11(2)22-15/h4-5,7,12H,3,6,8-10H2,1-2H3. The second-order valence-corrected chi connectivity index (χ2v) is 7.85. The fourth-order valence-electron chi connectivity index (χ4n) is 2.90. The Morgan fingerprint density at radius 1 is 1.45 bits per heavy atom. The lowest BCUT2D eigenvalue weighted by Gasteiger charge is -2.36. The van der Waals surface area contributed by atoms with Crippen LogP contribution in [0.25, 0.3) is 0 Å². The van der Waals surface area contributed by atoms with Gasteiger partial charge < -0.3 is 9.47 Å². The van der Waals surface area contributed by atoms with Gasteiger partial charge in [-0.25, -0.2) is 0 Å². The minimum Gasteiger partial charge on any atom is -0.348 e. The third kappa shape index (κ3) is 3.20. The van der Waals surface area contributed by atoms with Crippen molar-refractivity contribution in [2.75, 3.05) is 12.3 Å². The molecule has 1 amide bonds. The summed E-state index contributed by atoms with van der Waals surface area (Å²) in [5, 5.41) is 9.05. The number of aromatic nitrogens is 3. The van der Waals surface area contributed by atoms with Gasteiger partial charge in [0.25, 0.3) is 0 Å². The fraction of sp³-hybridized carbons (Fsp3) is 0.533. The Balaban J connectivity index is 1.58. The summed E-state index contributed by atoms with van der Waals surface area (Å²) in [4.78, 5) is 14.6. The van der Waals surface area contributed by atoms with Gasteiger partial charge in [0.1, 0.15) is 5.01 Å². The fourth-order valence-corrected chi connectivity index (χ4v) is 4.71. The maximum Gasteiger partial charge on any atom is 0.224 e. The van der Waals surface area contributed by atoms with Crippen molar-refractivity contribution in [3.63, 3.8) is 0 Å². The van der Waals surface area contributed by atoms with Crippen LogP contribution in [0.3, 0.4) is 0 Å². The van der Waals surface area contributed by atoms with Crippen molar-refractivity contribution in [1.82, 2.24) is 19.7 Å². The topological polar surface area (TPSA) is 51.0 Å². The Morgan fingerprint density at radius 3 is 3.05 bits per heavy atom. The van der Waals surface area contributed by atoms with Crippen LogP contribution in [0.4, 0.5) is 0 Å². The van der Waals surface area contributed by atoms with Gasteiger partial charge in [0, 0.05) is 37.2 Å². The lowest BCUT2D eigenvalue weighted by atomic mass is 10.1. The van der Waals surface area contributed by atoms with E-state index < -0.39 is 0 Å². The monoisotopic (exact) mass is 336 g/mol. The number of hydrogen-bond donors (Lipinski definition) is 0. The number of rotatable bonds is 5. The van der Waals surface area contributed by atoms with E-state index in [0.717, 1.165) is 34.6 Å². The average molecular weight is 336 g/mol. The molecule has 118 valence electrons. The van der Waals surface area contributed by atoms with Crippen LogP contribution in [0.5, 0.6) is 0 Å². The van der Waals surface area contributed by atoms with Gasteiger partial charge in [-0.3, -0.25) is 4.79 Å². The van der Waals surface area contributed by atoms with Gasteiger partial charge in [0.05, 0.1) is 6.04 Å². The summed E-state index contributed by atoms with van der Waals surface area (Å²) >= 11 is 3.21. The van der Waals surface area contributed by atoms with Gasteiger partial charge in [-0.15, -0.1) is 10.2 Å². The molecule has 1 aliphatic rings. The number of thioether (sulfide) groups is 1. The quantitative estimate of drug-likeness (QED) is 0.787. The Bertz CT molecular complexity index is 652. The predicted molar refractivity (Wildman–Crippen MR) is 89.2 cm³/mol. The van der Waals surface area contributed by atoms with Crippen LogP contribution in [0.15, 0.2) is 22.7 Å². The van der Waals surface area contributed by atoms with Crippen LogP contribution in [0.2, 0.25) is 0 Å². The van der Waals surface area contributed by atoms with Gasteiger partial charge >= 0.3 is 0 Å². The summed E-state index contributed by atoms with van der Waals surface area (Å²) < 4.78 is 3.21. The Labute approximate surface area is 138 Å². The van der Waals surface area contributed by atoms with Crippen LogP contribution in [-0.4, -0.2) is 37.9 Å². The highest BCUT2D eigenvalue weighted by Crippen LogP contribution is 2.30. The zero-order valence-electron chi connectivity index (χ0n) is 12.9. The predicted octanol–water partition coefficient (Wildman–Crippen LogP) is 3.12. The molecule has 1 unspecified atom stereocenters. The van der Waals surface area contributed by atoms with Crippen LogP contribution in [0, 0.1) is 6.92 Å². The number of nitrogens with zero attached hydrogens (tertiary/aromatic N) is 4. The van der Waals surface area contributed by atoms with E-state index in [1.165, 1.54) is 5.69 Å². The van der Waals surface area contributed by atoms with Gasteiger partial charge in [-0.2, -0.15) is 0 Å². The summed E-state index contributed by atoms with van der Waals surface area (Å²) in [7, 11) is 0.